The van der Waals surface area contributed by atoms with Crippen molar-refractivity contribution < 1.29 is 4.79 Å². The van der Waals surface area contributed by atoms with Crippen LogP contribution in [0.2, 0.25) is 0 Å². The Hall–Kier alpha value is -0.140. The summed E-state index contributed by atoms with van der Waals surface area (Å²) in [5.74, 6) is -0.0531. The van der Waals surface area contributed by atoms with Crippen LogP contribution >= 0.6 is 33.9 Å². The fourth-order valence-electron chi connectivity index (χ4n) is 0.839. The van der Waals surface area contributed by atoms with Gasteiger partial charge in [-0.2, -0.15) is 0 Å². The van der Waals surface area contributed by atoms with E-state index in [4.69, 9.17) is 5.73 Å². The second-order valence-corrected chi connectivity index (χ2v) is 6.62. The molecule has 0 aliphatic carbocycles. The highest BCUT2D eigenvalue weighted by Crippen LogP contribution is 2.16. The summed E-state index contributed by atoms with van der Waals surface area (Å²) in [5.41, 5.74) is 6.10. The quantitative estimate of drug-likeness (QED) is 0.834. The lowest BCUT2D eigenvalue weighted by atomic mass is 10.1. The Bertz CT molecular complexity index is 330. The summed E-state index contributed by atoms with van der Waals surface area (Å²) in [4.78, 5) is 11.5. The van der Waals surface area contributed by atoms with Gasteiger partial charge in [-0.15, -0.1) is 11.3 Å². The molecule has 1 rings (SSSR count). The van der Waals surface area contributed by atoms with Gasteiger partial charge in [0.2, 0.25) is 0 Å². The monoisotopic (exact) mass is 324 g/mol. The SMILES string of the molecule is CC(C)(N)CNC(=O)c1csc(I)c1. The van der Waals surface area contributed by atoms with E-state index in [1.54, 1.807) is 11.3 Å². The number of carbonyl (C=O) groups is 1. The number of nitrogens with two attached hydrogens (primary N) is 1. The number of nitrogens with one attached hydrogen (secondary N) is 1. The van der Waals surface area contributed by atoms with Crippen molar-refractivity contribution in [2.45, 2.75) is 19.4 Å². The van der Waals surface area contributed by atoms with Crippen LogP contribution in [-0.4, -0.2) is 18.0 Å². The Labute approximate surface area is 101 Å². The molecular weight excluding hydrogens is 311 g/mol. The molecule has 0 saturated carbocycles. The predicted molar refractivity (Wildman–Crippen MR) is 67.6 cm³/mol. The highest BCUT2D eigenvalue weighted by molar-refractivity contribution is 14.1. The highest BCUT2D eigenvalue weighted by Gasteiger charge is 2.13. The van der Waals surface area contributed by atoms with E-state index in [0.29, 0.717) is 12.1 Å². The summed E-state index contributed by atoms with van der Waals surface area (Å²) < 4.78 is 1.11. The van der Waals surface area contributed by atoms with Gasteiger partial charge < -0.3 is 11.1 Å². The number of halogens is 1. The Morgan fingerprint density at radius 2 is 2.36 bits per heavy atom. The normalized spacial score (nSPS) is 11.4. The molecular formula is C9H13IN2OS. The van der Waals surface area contributed by atoms with Crippen molar-refractivity contribution >= 4 is 39.8 Å². The number of thiophene rings is 1. The molecule has 0 atom stereocenters. The van der Waals surface area contributed by atoms with E-state index in [9.17, 15) is 4.79 Å². The first-order chi connectivity index (χ1) is 6.38. The predicted octanol–water partition coefficient (Wildman–Crippen LogP) is 1.82. The lowest BCUT2D eigenvalue weighted by molar-refractivity contribution is 0.0946. The molecule has 1 heterocycles. The van der Waals surface area contributed by atoms with E-state index in [2.05, 4.69) is 27.9 Å². The molecule has 14 heavy (non-hydrogen) atoms. The molecule has 0 bridgehead atoms. The summed E-state index contributed by atoms with van der Waals surface area (Å²) in [6, 6.07) is 1.87. The number of hydrogen-bond acceptors (Lipinski definition) is 3. The van der Waals surface area contributed by atoms with E-state index >= 15 is 0 Å². The lowest BCUT2D eigenvalue weighted by Gasteiger charge is -2.18. The van der Waals surface area contributed by atoms with Crippen molar-refractivity contribution in [2.24, 2.45) is 5.73 Å². The topological polar surface area (TPSA) is 55.1 Å². The molecule has 0 unspecified atom stereocenters. The second kappa shape index (κ2) is 4.59. The van der Waals surface area contributed by atoms with Gasteiger partial charge in [0.15, 0.2) is 0 Å². The zero-order valence-electron chi connectivity index (χ0n) is 8.13. The average Bonchev–Trinajstić information content (AvgIpc) is 2.46. The molecule has 5 heteroatoms. The molecule has 0 aromatic carbocycles. The van der Waals surface area contributed by atoms with Crippen LogP contribution in [0.5, 0.6) is 0 Å². The zero-order valence-corrected chi connectivity index (χ0v) is 11.1. The molecule has 0 fully saturated rings. The van der Waals surface area contributed by atoms with Crippen molar-refractivity contribution in [3.05, 3.63) is 19.9 Å². The van der Waals surface area contributed by atoms with E-state index < -0.39 is 0 Å². The minimum Gasteiger partial charge on any atom is -0.350 e. The molecule has 0 spiro atoms. The summed E-state index contributed by atoms with van der Waals surface area (Å²) in [5, 5.41) is 4.64. The largest absolute Gasteiger partial charge is 0.350 e. The summed E-state index contributed by atoms with van der Waals surface area (Å²) in [7, 11) is 0. The molecule has 0 aliphatic heterocycles. The van der Waals surface area contributed by atoms with Crippen molar-refractivity contribution in [3.8, 4) is 0 Å². The van der Waals surface area contributed by atoms with Gasteiger partial charge in [-0.3, -0.25) is 4.79 Å². The van der Waals surface area contributed by atoms with Crippen molar-refractivity contribution in [3.63, 3.8) is 0 Å². The second-order valence-electron chi connectivity index (χ2n) is 3.81. The van der Waals surface area contributed by atoms with Crippen LogP contribution < -0.4 is 11.1 Å². The standard InChI is InChI=1S/C9H13IN2OS/c1-9(2,11)5-12-8(13)6-3-7(10)14-4-6/h3-4H,5,11H2,1-2H3,(H,12,13). The average molecular weight is 324 g/mol. The Kier molecular flexibility index (Phi) is 3.91. The molecule has 1 aromatic heterocycles. The molecule has 1 aromatic rings. The van der Waals surface area contributed by atoms with Gasteiger partial charge in [-0.1, -0.05) is 0 Å². The maximum absolute atomic E-state index is 11.5. The van der Waals surface area contributed by atoms with Crippen LogP contribution in [0.15, 0.2) is 11.4 Å². The molecule has 0 aliphatic rings. The first kappa shape index (κ1) is 11.9. The lowest BCUT2D eigenvalue weighted by Crippen LogP contribution is -2.45. The molecule has 3 N–H and O–H groups in total. The van der Waals surface area contributed by atoms with Crippen LogP contribution in [0.4, 0.5) is 0 Å². The Morgan fingerprint density at radius 1 is 1.71 bits per heavy atom. The third-order valence-electron chi connectivity index (χ3n) is 1.53. The first-order valence-corrected chi connectivity index (χ1v) is 6.15. The number of hydrogen-bond donors (Lipinski definition) is 2. The van der Waals surface area contributed by atoms with Gasteiger partial charge in [0.1, 0.15) is 0 Å². The van der Waals surface area contributed by atoms with Gasteiger partial charge in [0.05, 0.1) is 8.45 Å². The fraction of sp³-hybridized carbons (Fsp3) is 0.444. The van der Waals surface area contributed by atoms with Crippen molar-refractivity contribution in [1.29, 1.82) is 0 Å². The van der Waals surface area contributed by atoms with Gasteiger partial charge in [0.25, 0.3) is 5.91 Å². The van der Waals surface area contributed by atoms with Crippen LogP contribution in [0.3, 0.4) is 0 Å². The van der Waals surface area contributed by atoms with Gasteiger partial charge in [0, 0.05) is 17.5 Å². The first-order valence-electron chi connectivity index (χ1n) is 4.19. The van der Waals surface area contributed by atoms with Crippen LogP contribution in [0.25, 0.3) is 0 Å². The van der Waals surface area contributed by atoms with Crippen LogP contribution in [0, 0.1) is 2.88 Å². The molecule has 1 amide bonds. The molecule has 0 radical (unpaired) electrons. The van der Waals surface area contributed by atoms with Gasteiger partial charge >= 0.3 is 0 Å². The summed E-state index contributed by atoms with van der Waals surface area (Å²) in [6.07, 6.45) is 0. The van der Waals surface area contributed by atoms with E-state index in [-0.39, 0.29) is 11.4 Å². The summed E-state index contributed by atoms with van der Waals surface area (Å²) >= 11 is 3.75. The fourth-order valence-corrected chi connectivity index (χ4v) is 2.17. The van der Waals surface area contributed by atoms with Gasteiger partial charge in [-0.05, 0) is 42.5 Å². The third kappa shape index (κ3) is 3.93. The molecule has 0 saturated heterocycles. The molecule has 78 valence electrons. The van der Waals surface area contributed by atoms with E-state index in [0.717, 1.165) is 2.88 Å². The number of rotatable bonds is 3. The molecule has 3 nitrogen and oxygen atoms in total. The maximum atomic E-state index is 11.5. The Morgan fingerprint density at radius 3 is 2.79 bits per heavy atom. The number of amides is 1. The van der Waals surface area contributed by atoms with E-state index in [1.807, 2.05) is 25.3 Å². The minimum absolute atomic E-state index is 0.0531. The third-order valence-corrected chi connectivity index (χ3v) is 3.32. The highest BCUT2D eigenvalue weighted by atomic mass is 127. The van der Waals surface area contributed by atoms with Gasteiger partial charge in [-0.25, -0.2) is 0 Å². The van der Waals surface area contributed by atoms with E-state index in [1.165, 1.54) is 0 Å². The maximum Gasteiger partial charge on any atom is 0.252 e. The van der Waals surface area contributed by atoms with Crippen LogP contribution in [0.1, 0.15) is 24.2 Å². The minimum atomic E-state index is -0.362. The number of carbonyl (C=O) groups excluding carboxylic acids is 1. The van der Waals surface area contributed by atoms with Crippen molar-refractivity contribution in [1.82, 2.24) is 5.32 Å². The summed E-state index contributed by atoms with van der Waals surface area (Å²) in [6.45, 7) is 4.24. The zero-order chi connectivity index (χ0) is 10.8. The Balaban J connectivity index is 2.52. The van der Waals surface area contributed by atoms with Crippen LogP contribution in [-0.2, 0) is 0 Å². The smallest absolute Gasteiger partial charge is 0.252 e. The van der Waals surface area contributed by atoms with Crippen molar-refractivity contribution in [2.75, 3.05) is 6.54 Å².